The Morgan fingerprint density at radius 1 is 0.857 bits per heavy atom. The quantitative estimate of drug-likeness (QED) is 0.531. The molecule has 1 rings (SSSR count). The molecule has 0 aliphatic carbocycles. The third-order valence-corrected chi connectivity index (χ3v) is 5.41. The number of methoxy groups -OCH3 is 1. The Kier molecular flexibility index (Phi) is 9.46. The molecule has 0 atom stereocenters. The molecule has 1 aromatic rings. The van der Waals surface area contributed by atoms with Crippen LogP contribution in [0.4, 0.5) is 0 Å². The third kappa shape index (κ3) is 5.50. The average Bonchev–Trinajstić information content (AvgIpc) is 2.49. The van der Waals surface area contributed by atoms with E-state index in [1.807, 2.05) is 7.11 Å². The zero-order chi connectivity index (χ0) is 15.7. The fourth-order valence-electron chi connectivity index (χ4n) is 2.88. The zero-order valence-corrected chi connectivity index (χ0v) is 17.2. The maximum atomic E-state index is 5.86. The van der Waals surface area contributed by atoms with Crippen molar-refractivity contribution in [3.63, 3.8) is 0 Å². The van der Waals surface area contributed by atoms with Crippen LogP contribution >= 0.6 is 0 Å². The van der Waals surface area contributed by atoms with Gasteiger partial charge in [0.1, 0.15) is 0 Å². The third-order valence-electron chi connectivity index (χ3n) is 4.14. The first kappa shape index (κ1) is 18.9. The Morgan fingerprint density at radius 2 is 1.38 bits per heavy atom. The van der Waals surface area contributed by atoms with Gasteiger partial charge in [0.05, 0.1) is 0 Å². The van der Waals surface area contributed by atoms with Gasteiger partial charge in [0.15, 0.2) is 0 Å². The van der Waals surface area contributed by atoms with E-state index < -0.39 is 0 Å². The van der Waals surface area contributed by atoms with Crippen molar-refractivity contribution < 1.29 is 4.74 Å². The molecule has 0 aromatic heterocycles. The molecule has 0 N–H and O–H groups in total. The van der Waals surface area contributed by atoms with Crippen LogP contribution in [0.2, 0.25) is 0 Å². The molecule has 0 saturated heterocycles. The number of hydrogen-bond acceptors (Lipinski definition) is 1. The van der Waals surface area contributed by atoms with Crippen LogP contribution in [0.15, 0.2) is 6.07 Å². The number of unbranched alkanes of at least 4 members (excludes halogenated alkanes) is 3. The summed E-state index contributed by atoms with van der Waals surface area (Å²) in [4.78, 5) is 0. The van der Waals surface area contributed by atoms with Crippen LogP contribution in [0.25, 0.3) is 0 Å². The predicted octanol–water partition coefficient (Wildman–Crippen LogP) is 4.52. The summed E-state index contributed by atoms with van der Waals surface area (Å²) in [7, 11) is 1.85. The molecule has 117 valence electrons. The van der Waals surface area contributed by atoms with Crippen LogP contribution in [0.1, 0.15) is 76.0 Å². The van der Waals surface area contributed by atoms with Gasteiger partial charge >= 0.3 is 145 Å². The van der Waals surface area contributed by atoms with Gasteiger partial charge in [0.2, 0.25) is 0 Å². The summed E-state index contributed by atoms with van der Waals surface area (Å²) in [6, 6.07) is 2.42. The van der Waals surface area contributed by atoms with Gasteiger partial charge in [-0.3, -0.25) is 0 Å². The van der Waals surface area contributed by atoms with Crippen LogP contribution < -0.4 is 8.32 Å². The van der Waals surface area contributed by atoms with E-state index in [9.17, 15) is 0 Å². The molecule has 1 aromatic carbocycles. The van der Waals surface area contributed by atoms with Gasteiger partial charge in [0.25, 0.3) is 0 Å². The fraction of sp³-hybridized carbons (Fsp3) is 0.684. The summed E-state index contributed by atoms with van der Waals surface area (Å²) in [5.41, 5.74) is 4.56. The van der Waals surface area contributed by atoms with Gasteiger partial charge in [-0.25, -0.2) is 0 Å². The Bertz CT molecular complexity index is 426. The molecular weight excluding hydrogens is 363 g/mol. The Morgan fingerprint density at radius 3 is 1.90 bits per heavy atom. The van der Waals surface area contributed by atoms with Crippen molar-refractivity contribution in [2.75, 3.05) is 7.11 Å². The maximum absolute atomic E-state index is 5.86. The van der Waals surface area contributed by atoms with E-state index in [1.165, 1.54) is 68.2 Å². The van der Waals surface area contributed by atoms with E-state index in [2.05, 4.69) is 26.8 Å². The molecule has 0 aliphatic heterocycles. The Labute approximate surface area is 144 Å². The van der Waals surface area contributed by atoms with Crippen molar-refractivity contribution in [2.24, 2.45) is 0 Å². The molecule has 0 bridgehead atoms. The molecule has 2 heteroatoms. The Balaban J connectivity index is 3.21. The van der Waals surface area contributed by atoms with Gasteiger partial charge in [-0.15, -0.1) is 0 Å². The average molecular weight is 394 g/mol. The monoisotopic (exact) mass is 395 g/mol. The summed E-state index contributed by atoms with van der Waals surface area (Å²) in [5.74, 6) is 1.20. The molecule has 21 heavy (non-hydrogen) atoms. The van der Waals surface area contributed by atoms with Gasteiger partial charge in [-0.2, -0.15) is 0 Å². The van der Waals surface area contributed by atoms with E-state index >= 15 is 0 Å². The number of aryl methyl sites for hydroxylation is 1. The second-order valence-electron chi connectivity index (χ2n) is 5.88. The normalized spacial score (nSPS) is 10.9. The standard InChI is InChI=1S/C19H31O.Sn/c1-5-8-11-16-14-15-17(12-9-6-2)19(20-4)18(16)13-10-7-3;/h15H,5-13H2,1-4H3;. The molecular formula is C19H31OSn. The summed E-state index contributed by atoms with van der Waals surface area (Å²) >= 11 is 1.55. The second-order valence-corrected chi connectivity index (χ2v) is 7.42. The van der Waals surface area contributed by atoms with Gasteiger partial charge in [0, 0.05) is 0 Å². The molecule has 3 radical (unpaired) electrons. The van der Waals surface area contributed by atoms with Gasteiger partial charge in [-0.05, 0) is 0 Å². The molecule has 1 nitrogen and oxygen atoms in total. The molecule has 0 amide bonds. The van der Waals surface area contributed by atoms with Crippen LogP contribution in [0.3, 0.4) is 0 Å². The first-order valence-corrected chi connectivity index (χ1v) is 10.0. The number of rotatable bonds is 10. The minimum absolute atomic E-state index is 1.16. The van der Waals surface area contributed by atoms with Gasteiger partial charge < -0.3 is 0 Å². The summed E-state index contributed by atoms with van der Waals surface area (Å²) < 4.78 is 7.42. The minimum atomic E-state index is 1.16. The van der Waals surface area contributed by atoms with Crippen molar-refractivity contribution >= 4 is 26.1 Å². The van der Waals surface area contributed by atoms with Crippen LogP contribution in [0, 0.1) is 0 Å². The molecule has 0 heterocycles. The number of benzene rings is 1. The van der Waals surface area contributed by atoms with Crippen molar-refractivity contribution in [1.29, 1.82) is 0 Å². The van der Waals surface area contributed by atoms with Gasteiger partial charge in [-0.1, -0.05) is 0 Å². The van der Waals surface area contributed by atoms with Crippen molar-refractivity contribution in [3.05, 3.63) is 22.8 Å². The van der Waals surface area contributed by atoms with Crippen LogP contribution in [-0.2, 0) is 19.3 Å². The van der Waals surface area contributed by atoms with Crippen LogP contribution in [-0.4, -0.2) is 29.6 Å². The topological polar surface area (TPSA) is 9.23 Å². The Hall–Kier alpha value is -0.181. The van der Waals surface area contributed by atoms with E-state index in [1.54, 1.807) is 31.7 Å². The van der Waals surface area contributed by atoms with Crippen LogP contribution in [0.5, 0.6) is 5.75 Å². The molecule has 0 unspecified atom stereocenters. The van der Waals surface area contributed by atoms with Crippen molar-refractivity contribution in [2.45, 2.75) is 78.6 Å². The second kappa shape index (κ2) is 10.5. The predicted molar refractivity (Wildman–Crippen MR) is 94.2 cm³/mol. The molecule has 0 spiro atoms. The van der Waals surface area contributed by atoms with E-state index in [-0.39, 0.29) is 0 Å². The van der Waals surface area contributed by atoms with Crippen molar-refractivity contribution in [3.8, 4) is 5.75 Å². The van der Waals surface area contributed by atoms with E-state index in [0.717, 1.165) is 6.42 Å². The van der Waals surface area contributed by atoms with E-state index in [4.69, 9.17) is 4.74 Å². The summed E-state index contributed by atoms with van der Waals surface area (Å²) in [6.45, 7) is 6.82. The fourth-order valence-corrected chi connectivity index (χ4v) is 4.17. The number of ether oxygens (including phenoxy) is 1. The van der Waals surface area contributed by atoms with E-state index in [0.29, 0.717) is 0 Å². The first-order valence-electron chi connectivity index (χ1n) is 8.62. The summed E-state index contributed by atoms with van der Waals surface area (Å²) in [6.07, 6.45) is 11.1. The number of hydrogen-bond donors (Lipinski definition) is 0. The molecule has 0 fully saturated rings. The molecule has 0 aliphatic rings. The van der Waals surface area contributed by atoms with Crippen molar-refractivity contribution in [1.82, 2.24) is 0 Å². The molecule has 0 saturated carbocycles. The zero-order valence-electron chi connectivity index (χ0n) is 14.3. The summed E-state index contributed by atoms with van der Waals surface area (Å²) in [5, 5.41) is 0. The SMILES string of the molecule is CCCCc1c[c]([Sn])c(CCCC)c(CCCC)c1OC. The first-order chi connectivity index (χ1) is 10.2.